The predicted molar refractivity (Wildman–Crippen MR) is 198 cm³/mol. The summed E-state index contributed by atoms with van der Waals surface area (Å²) in [5.74, 6) is -0.123. The van der Waals surface area contributed by atoms with E-state index in [4.69, 9.17) is 33.2 Å². The van der Waals surface area contributed by atoms with Crippen LogP contribution in [0, 0.1) is 0 Å². The van der Waals surface area contributed by atoms with Crippen molar-refractivity contribution in [1.82, 2.24) is 0 Å². The van der Waals surface area contributed by atoms with Gasteiger partial charge in [-0.2, -0.15) is 0 Å². The van der Waals surface area contributed by atoms with Crippen molar-refractivity contribution >= 4 is 5.97 Å². The first kappa shape index (κ1) is 47.2. The minimum Gasteiger partial charge on any atom is -0.463 e. The molecule has 0 bridgehead atoms. The molecule has 0 amide bonds. The van der Waals surface area contributed by atoms with Crippen LogP contribution < -0.4 is 0 Å². The number of carbonyl (C=O) groups excluding carboxylic acids is 1. The first-order valence-electron chi connectivity index (χ1n) is 20.4. The summed E-state index contributed by atoms with van der Waals surface area (Å²) < 4.78 is 38.5. The lowest BCUT2D eigenvalue weighted by Gasteiger charge is -2.08. The Balaban J connectivity index is 3.10. The molecule has 0 aromatic carbocycles. The second-order valence-electron chi connectivity index (χ2n) is 13.1. The lowest BCUT2D eigenvalue weighted by atomic mass is 10.0. The molecule has 48 heavy (non-hydrogen) atoms. The molecule has 0 atom stereocenters. The molecule has 0 aromatic rings. The maximum Gasteiger partial charge on any atom is 0.305 e. The third-order valence-corrected chi connectivity index (χ3v) is 8.48. The molecule has 0 radical (unpaired) electrons. The van der Waals surface area contributed by atoms with Crippen LogP contribution in [0.4, 0.5) is 0 Å². The highest BCUT2D eigenvalue weighted by atomic mass is 16.6. The summed E-state index contributed by atoms with van der Waals surface area (Å²) in [5, 5.41) is 0. The molecule has 0 saturated heterocycles. The summed E-state index contributed by atoms with van der Waals surface area (Å²) in [5.41, 5.74) is 0. The Bertz CT molecular complexity index is 592. The number of carbonyl (C=O) groups is 1. The number of hydrogen-bond donors (Lipinski definition) is 0. The van der Waals surface area contributed by atoms with Crippen molar-refractivity contribution in [3.8, 4) is 0 Å². The molecule has 0 aromatic heterocycles. The predicted octanol–water partition coefficient (Wildman–Crippen LogP) is 10.0. The van der Waals surface area contributed by atoms with Gasteiger partial charge in [-0.1, -0.05) is 149 Å². The topological polar surface area (TPSA) is 81.7 Å². The molecule has 0 heterocycles. The van der Waals surface area contributed by atoms with Crippen LogP contribution in [0.15, 0.2) is 0 Å². The zero-order valence-corrected chi connectivity index (χ0v) is 31.9. The van der Waals surface area contributed by atoms with Gasteiger partial charge in [-0.05, 0) is 12.8 Å². The number of esters is 1. The first-order chi connectivity index (χ1) is 23.8. The lowest BCUT2D eigenvalue weighted by molar-refractivity contribution is -0.145. The molecule has 8 nitrogen and oxygen atoms in total. The maximum absolute atomic E-state index is 11.8. The van der Waals surface area contributed by atoms with E-state index < -0.39 is 0 Å². The molecule has 8 heteroatoms. The smallest absolute Gasteiger partial charge is 0.305 e. The summed E-state index contributed by atoms with van der Waals surface area (Å²) >= 11 is 0. The third kappa shape index (κ3) is 43.3. The van der Waals surface area contributed by atoms with Crippen molar-refractivity contribution in [2.24, 2.45) is 0 Å². The van der Waals surface area contributed by atoms with Crippen LogP contribution in [0.25, 0.3) is 0 Å². The highest BCUT2D eigenvalue weighted by Crippen LogP contribution is 2.13. The molecule has 0 saturated carbocycles. The van der Waals surface area contributed by atoms with E-state index in [1.165, 1.54) is 128 Å². The standard InChI is InChI=1S/C40H80O8/c1-3-5-7-9-11-13-14-15-16-17-19-21-23-25-27-42-28-29-43-30-31-44-32-33-45-34-35-46-36-37-47-38-39-48-40(41)26-24-22-20-18-12-10-8-6-4-2/h3-39H2,1-2H3. The van der Waals surface area contributed by atoms with Gasteiger partial charge in [0.15, 0.2) is 0 Å². The Hall–Kier alpha value is -0.770. The minimum absolute atomic E-state index is 0.123. The summed E-state index contributed by atoms with van der Waals surface area (Å²) in [6.45, 7) is 11.5. The molecular weight excluding hydrogens is 608 g/mol. The zero-order valence-electron chi connectivity index (χ0n) is 31.9. The van der Waals surface area contributed by atoms with Crippen LogP contribution in [-0.2, 0) is 38.0 Å². The number of hydrogen-bond acceptors (Lipinski definition) is 8. The fourth-order valence-corrected chi connectivity index (χ4v) is 5.47. The van der Waals surface area contributed by atoms with E-state index >= 15 is 0 Å². The third-order valence-electron chi connectivity index (χ3n) is 8.48. The van der Waals surface area contributed by atoms with Crippen molar-refractivity contribution in [1.29, 1.82) is 0 Å². The summed E-state index contributed by atoms with van der Waals surface area (Å²) in [4.78, 5) is 11.8. The molecule has 0 aliphatic heterocycles. The van der Waals surface area contributed by atoms with Gasteiger partial charge in [0.2, 0.25) is 0 Å². The zero-order chi connectivity index (χ0) is 34.7. The number of unbranched alkanes of at least 4 members (excludes halogenated alkanes) is 21. The lowest BCUT2D eigenvalue weighted by Crippen LogP contribution is -2.15. The van der Waals surface area contributed by atoms with Crippen LogP contribution in [-0.4, -0.2) is 91.9 Å². The maximum atomic E-state index is 11.8. The van der Waals surface area contributed by atoms with E-state index in [1.807, 2.05) is 0 Å². The van der Waals surface area contributed by atoms with E-state index in [-0.39, 0.29) is 5.97 Å². The molecular formula is C40H80O8. The quantitative estimate of drug-likeness (QED) is 0.0463. The highest BCUT2D eigenvalue weighted by molar-refractivity contribution is 5.69. The molecule has 0 N–H and O–H groups in total. The Morgan fingerprint density at radius 1 is 0.292 bits per heavy atom. The molecule has 0 aliphatic carbocycles. The van der Waals surface area contributed by atoms with E-state index in [9.17, 15) is 4.79 Å². The minimum atomic E-state index is -0.123. The van der Waals surface area contributed by atoms with Gasteiger partial charge in [-0.3, -0.25) is 4.79 Å². The average molecular weight is 689 g/mol. The first-order valence-corrected chi connectivity index (χ1v) is 20.4. The monoisotopic (exact) mass is 689 g/mol. The molecule has 0 spiro atoms. The molecule has 0 rings (SSSR count). The van der Waals surface area contributed by atoms with Crippen molar-refractivity contribution in [2.45, 2.75) is 168 Å². The van der Waals surface area contributed by atoms with Gasteiger partial charge >= 0.3 is 5.97 Å². The van der Waals surface area contributed by atoms with Crippen LogP contribution in [0.5, 0.6) is 0 Å². The fraction of sp³-hybridized carbons (Fsp3) is 0.975. The molecule has 0 aliphatic rings. The summed E-state index contributed by atoms with van der Waals surface area (Å²) in [6.07, 6.45) is 31.0. The number of rotatable bonds is 43. The molecule has 0 unspecified atom stereocenters. The molecule has 288 valence electrons. The number of ether oxygens (including phenoxy) is 7. The normalized spacial score (nSPS) is 11.5. The van der Waals surface area contributed by atoms with E-state index in [1.54, 1.807) is 0 Å². The van der Waals surface area contributed by atoms with Gasteiger partial charge in [-0.15, -0.1) is 0 Å². The van der Waals surface area contributed by atoms with Crippen molar-refractivity contribution in [3.05, 3.63) is 0 Å². The van der Waals surface area contributed by atoms with Crippen molar-refractivity contribution in [3.63, 3.8) is 0 Å². The Morgan fingerprint density at radius 3 is 0.875 bits per heavy atom. The van der Waals surface area contributed by atoms with Crippen molar-refractivity contribution in [2.75, 3.05) is 85.9 Å². The Morgan fingerprint density at radius 2 is 0.542 bits per heavy atom. The van der Waals surface area contributed by atoms with Crippen LogP contribution in [0.1, 0.15) is 168 Å². The van der Waals surface area contributed by atoms with E-state index in [2.05, 4.69) is 13.8 Å². The van der Waals surface area contributed by atoms with Gasteiger partial charge in [0.25, 0.3) is 0 Å². The van der Waals surface area contributed by atoms with Crippen molar-refractivity contribution < 1.29 is 38.0 Å². The average Bonchev–Trinajstić information content (AvgIpc) is 3.09. The van der Waals surface area contributed by atoms with E-state index in [0.717, 1.165) is 25.9 Å². The Kier molecular flexibility index (Phi) is 43.5. The van der Waals surface area contributed by atoms with Crippen LogP contribution >= 0.6 is 0 Å². The second-order valence-corrected chi connectivity index (χ2v) is 13.1. The van der Waals surface area contributed by atoms with Gasteiger partial charge < -0.3 is 33.2 Å². The largest absolute Gasteiger partial charge is 0.463 e. The summed E-state index contributed by atoms with van der Waals surface area (Å²) in [6, 6.07) is 0. The van der Waals surface area contributed by atoms with Gasteiger partial charge in [-0.25, -0.2) is 0 Å². The summed E-state index contributed by atoms with van der Waals surface area (Å²) in [7, 11) is 0. The highest BCUT2D eigenvalue weighted by Gasteiger charge is 2.03. The SMILES string of the molecule is CCCCCCCCCCCCCCCCOCCOCCOCCOCCOCCOCCOC(=O)CCCCCCCCCCC. The fourth-order valence-electron chi connectivity index (χ4n) is 5.47. The van der Waals surface area contributed by atoms with Crippen LogP contribution in [0.2, 0.25) is 0 Å². The van der Waals surface area contributed by atoms with Gasteiger partial charge in [0, 0.05) is 13.0 Å². The van der Waals surface area contributed by atoms with Crippen LogP contribution in [0.3, 0.4) is 0 Å². The molecule has 0 fully saturated rings. The second kappa shape index (κ2) is 44.3. The van der Waals surface area contributed by atoms with Gasteiger partial charge in [0.05, 0.1) is 72.7 Å². The van der Waals surface area contributed by atoms with E-state index in [0.29, 0.717) is 85.7 Å². The van der Waals surface area contributed by atoms with Gasteiger partial charge in [0.1, 0.15) is 6.61 Å². The Labute approximate surface area is 297 Å².